The van der Waals surface area contributed by atoms with Crippen molar-refractivity contribution in [3.63, 3.8) is 0 Å². The molecule has 2 heterocycles. The second kappa shape index (κ2) is 30.8. The summed E-state index contributed by atoms with van der Waals surface area (Å²) in [6.45, 7) is 1.57. The number of rotatable bonds is 13. The molecule has 24 nitrogen and oxygen atoms in total. The Balaban J connectivity index is 0.00000219. The minimum atomic E-state index is -4.76. The summed E-state index contributed by atoms with van der Waals surface area (Å²) in [4.78, 5) is 21.1. The number of nitrogens with zero attached hydrogens (tertiary/aromatic N) is 8. The van der Waals surface area contributed by atoms with Gasteiger partial charge in [-0.1, -0.05) is 35.6 Å². The molecule has 0 unspecified atom stereocenters. The maximum absolute atomic E-state index is 12.7. The van der Waals surface area contributed by atoms with Crippen LogP contribution in [-0.4, -0.2) is 67.1 Å². The minimum Gasteiger partial charge on any atom is -0.744 e. The number of carbonyl (C=O) groups excluding carboxylic acids is 1. The number of amides is 1. The number of hydrogen-bond acceptors (Lipinski definition) is 24. The summed E-state index contributed by atoms with van der Waals surface area (Å²) in [5.74, 6) is -0.368. The SMILES string of the molecule is Cc1c(C#N)c(Nc2ccc(S(=O)(=O)[O-])cc2)nc(Nc2ccc(S(=O)(=O)[O-])cc2)c1N=Nc1nc(-c2ccc(NC(=O)c3c[c-]c[c-]c3)cc2)c(N=Nc2ccccc2C#N)s1.O=S(=O)=O.O=S(=O)=O.[Li+].[Li+].[Li+].[Li+]. The second-order valence-corrected chi connectivity index (χ2v) is 17.8. The van der Waals surface area contributed by atoms with Gasteiger partial charge in [0, 0.05) is 28.2 Å². The van der Waals surface area contributed by atoms with Gasteiger partial charge in [-0.15, -0.1) is 45.7 Å². The second-order valence-electron chi connectivity index (χ2n) is 13.3. The molecule has 1 amide bonds. The third-order valence-corrected chi connectivity index (χ3v) is 11.3. The summed E-state index contributed by atoms with van der Waals surface area (Å²) in [6.07, 6.45) is 0. The fourth-order valence-electron chi connectivity index (χ4n) is 5.66. The van der Waals surface area contributed by atoms with E-state index in [2.05, 4.69) is 70.6 Å². The molecule has 0 saturated heterocycles. The zero-order chi connectivity index (χ0) is 51.9. The molecule has 0 aliphatic heterocycles. The molecule has 75 heavy (non-hydrogen) atoms. The van der Waals surface area contributed by atoms with Crippen molar-refractivity contribution in [3.8, 4) is 23.4 Å². The van der Waals surface area contributed by atoms with Gasteiger partial charge in [0.25, 0.3) is 0 Å². The quantitative estimate of drug-likeness (QED) is 0.0422. The van der Waals surface area contributed by atoms with Crippen LogP contribution in [0.3, 0.4) is 0 Å². The number of thiazole rings is 1. The number of nitriles is 2. The first kappa shape index (κ1) is 66.6. The van der Waals surface area contributed by atoms with E-state index in [0.29, 0.717) is 28.2 Å². The molecule has 0 fully saturated rings. The Morgan fingerprint density at radius 1 is 0.653 bits per heavy atom. The summed E-state index contributed by atoms with van der Waals surface area (Å²) < 4.78 is 120. The molecule has 0 radical (unpaired) electrons. The summed E-state index contributed by atoms with van der Waals surface area (Å²) in [6, 6.07) is 37.4. The molecule has 33 heteroatoms. The third kappa shape index (κ3) is 20.0. The predicted octanol–water partition coefficient (Wildman–Crippen LogP) is -4.76. The van der Waals surface area contributed by atoms with Gasteiger partial charge in [0.1, 0.15) is 55.4 Å². The number of benzene rings is 5. The summed E-state index contributed by atoms with van der Waals surface area (Å²) in [5.41, 5.74) is 3.17. The molecule has 7 aromatic rings. The van der Waals surface area contributed by atoms with E-state index >= 15 is 0 Å². The van der Waals surface area contributed by atoms with Gasteiger partial charge in [0.2, 0.25) is 5.13 Å². The number of carbonyl (C=O) groups is 1. The van der Waals surface area contributed by atoms with Crippen molar-refractivity contribution < 1.29 is 131 Å². The molecule has 0 bridgehead atoms. The van der Waals surface area contributed by atoms with Crippen LogP contribution in [0.1, 0.15) is 27.0 Å². The molecule has 7 rings (SSSR count). The summed E-state index contributed by atoms with van der Waals surface area (Å²) >= 11 is 0.994. The fraction of sp³-hybridized carbons (Fsp3) is 0.0238. The number of aromatic nitrogens is 2. The van der Waals surface area contributed by atoms with Crippen molar-refractivity contribution in [2.75, 3.05) is 16.0 Å². The molecule has 2 aromatic heterocycles. The molecule has 0 atom stereocenters. The Morgan fingerprint density at radius 2 is 1.15 bits per heavy atom. The zero-order valence-electron chi connectivity index (χ0n) is 39.4. The van der Waals surface area contributed by atoms with Crippen molar-refractivity contribution in [1.29, 1.82) is 10.5 Å². The fourth-order valence-corrected chi connectivity index (χ4v) is 7.33. The Kier molecular flexibility index (Phi) is 27.4. The molecule has 5 aromatic carbocycles. The van der Waals surface area contributed by atoms with E-state index < -0.39 is 51.2 Å². The molecule has 360 valence electrons. The van der Waals surface area contributed by atoms with Crippen molar-refractivity contribution in [3.05, 3.63) is 150 Å². The van der Waals surface area contributed by atoms with Crippen molar-refractivity contribution >= 4 is 109 Å². The van der Waals surface area contributed by atoms with Crippen molar-refractivity contribution in [2.24, 2.45) is 20.5 Å². The first-order valence-corrected chi connectivity index (χ1v) is 24.6. The van der Waals surface area contributed by atoms with Gasteiger partial charge in [-0.05, 0) is 79.7 Å². The van der Waals surface area contributed by atoms with Gasteiger partial charge in [-0.3, -0.25) is 16.9 Å². The maximum Gasteiger partial charge on any atom is 1.00 e. The molecule has 0 spiro atoms. The van der Waals surface area contributed by atoms with Crippen LogP contribution in [0.5, 0.6) is 0 Å². The molecule has 0 aliphatic carbocycles. The Labute approximate surface area is 482 Å². The van der Waals surface area contributed by atoms with E-state index in [1.54, 1.807) is 61.5 Å². The van der Waals surface area contributed by atoms with Crippen LogP contribution in [0, 0.1) is 41.7 Å². The van der Waals surface area contributed by atoms with E-state index in [4.69, 9.17) is 25.3 Å². The maximum atomic E-state index is 12.7. The molecule has 0 aliphatic rings. The van der Waals surface area contributed by atoms with E-state index in [-0.39, 0.29) is 137 Å². The number of nitrogens with one attached hydrogen (secondary N) is 3. The van der Waals surface area contributed by atoms with Crippen molar-refractivity contribution in [2.45, 2.75) is 16.7 Å². The Bertz CT molecular complexity index is 3720. The molecular formula is C42H25Li4N11O13S5. The van der Waals surface area contributed by atoms with Crippen LogP contribution in [0.4, 0.5) is 50.2 Å². The monoisotopic (exact) mass is 1080 g/mol. The average molecular weight is 1080 g/mol. The van der Waals surface area contributed by atoms with Crippen LogP contribution >= 0.6 is 11.3 Å². The van der Waals surface area contributed by atoms with Gasteiger partial charge < -0.3 is 43.3 Å². The number of pyridine rings is 1. The number of azo groups is 2. The predicted molar refractivity (Wildman–Crippen MR) is 248 cm³/mol. The summed E-state index contributed by atoms with van der Waals surface area (Å²) in [5, 5.41) is 46.6. The Morgan fingerprint density at radius 3 is 1.64 bits per heavy atom. The van der Waals surface area contributed by atoms with Gasteiger partial charge in [0.05, 0.1) is 20.9 Å². The first-order valence-electron chi connectivity index (χ1n) is 18.9. The van der Waals surface area contributed by atoms with Crippen molar-refractivity contribution in [1.82, 2.24) is 9.97 Å². The van der Waals surface area contributed by atoms with Gasteiger partial charge >= 0.3 is 96.7 Å². The first-order chi connectivity index (χ1) is 33.7. The normalized spacial score (nSPS) is 10.4. The molecule has 3 N–H and O–H groups in total. The van der Waals surface area contributed by atoms with Gasteiger partial charge in [-0.2, -0.15) is 16.1 Å². The Hall–Kier alpha value is -6.42. The third-order valence-electron chi connectivity index (χ3n) is 8.77. The van der Waals surface area contributed by atoms with E-state index in [0.717, 1.165) is 35.6 Å². The largest absolute Gasteiger partial charge is 1.00 e. The average Bonchev–Trinajstić information content (AvgIpc) is 3.73. The summed E-state index contributed by atoms with van der Waals surface area (Å²) in [7, 11) is -15.7. The smallest absolute Gasteiger partial charge is 0.744 e. The van der Waals surface area contributed by atoms with Gasteiger partial charge in [0.15, 0.2) is 16.6 Å². The van der Waals surface area contributed by atoms with Crippen LogP contribution < -0.4 is 91.4 Å². The van der Waals surface area contributed by atoms with Crippen LogP contribution in [0.15, 0.2) is 146 Å². The zero-order valence-corrected chi connectivity index (χ0v) is 43.5. The molecular weight excluding hydrogens is 1050 g/mol. The van der Waals surface area contributed by atoms with Gasteiger partial charge in [-0.25, -0.2) is 26.8 Å². The topological polar surface area (TPSA) is 393 Å². The number of anilines is 5. The molecule has 0 saturated carbocycles. The van der Waals surface area contributed by atoms with E-state index in [1.165, 1.54) is 36.4 Å². The minimum absolute atomic E-state index is 0. The van der Waals surface area contributed by atoms with Crippen LogP contribution in [-0.2, 0) is 41.5 Å². The standard InChI is InChI=1S/C42H27N11O7S3.4Li.2O3S/c1-25-34(24-44)38(45-29-15-19-32(20-16-29)62(55,56)57)49-39(46-30-17-21-33(22-18-30)63(58,59)60)36(25)51-53-42-48-37(41(61-42)52-50-35-10-6-5-9-28(35)23-43)26-11-13-31(14-12-26)47-40(54)27-7-3-2-4-8-27;;;;;2*1-4(2)3/h2,5-22H,1H3,(H,47,54)(H2,45,46,49)(H,55,56,57)(H,58,59,60);;;;;;/q-2;4*+1;;/p-2. The van der Waals surface area contributed by atoms with E-state index in [1.807, 2.05) is 0 Å². The number of hydrogen-bond donors (Lipinski definition) is 3. The van der Waals surface area contributed by atoms with Crippen LogP contribution in [0.25, 0.3) is 11.3 Å². The van der Waals surface area contributed by atoms with E-state index in [9.17, 15) is 41.3 Å². The van der Waals surface area contributed by atoms with Crippen LogP contribution in [0.2, 0.25) is 0 Å².